The molecular formula is C19H29N3O. The van der Waals surface area contributed by atoms with Crippen molar-refractivity contribution in [3.8, 4) is 0 Å². The summed E-state index contributed by atoms with van der Waals surface area (Å²) in [5.74, 6) is 0.191. The van der Waals surface area contributed by atoms with Gasteiger partial charge in [0.2, 0.25) is 5.91 Å². The first-order valence-electron chi connectivity index (χ1n) is 9.03. The van der Waals surface area contributed by atoms with E-state index >= 15 is 0 Å². The van der Waals surface area contributed by atoms with Crippen molar-refractivity contribution in [3.63, 3.8) is 0 Å². The molecule has 0 heterocycles. The number of nitrogens with two attached hydrogens (primary N) is 1. The number of rotatable bonds is 4. The van der Waals surface area contributed by atoms with E-state index in [1.807, 2.05) is 18.2 Å². The minimum Gasteiger partial charge on any atom is -0.370 e. The van der Waals surface area contributed by atoms with Gasteiger partial charge in [0.1, 0.15) is 0 Å². The topological polar surface area (TPSA) is 58.4 Å². The molecule has 0 spiro atoms. The second-order valence-electron chi connectivity index (χ2n) is 7.18. The Morgan fingerprint density at radius 2 is 1.87 bits per heavy atom. The predicted octanol–water partition coefficient (Wildman–Crippen LogP) is 3.52. The Hall–Kier alpha value is -1.55. The van der Waals surface area contributed by atoms with Crippen LogP contribution >= 0.6 is 0 Å². The Labute approximate surface area is 139 Å². The zero-order chi connectivity index (χ0) is 16.2. The molecule has 3 rings (SSSR count). The van der Waals surface area contributed by atoms with Crippen LogP contribution in [0, 0.1) is 5.92 Å². The molecule has 1 aromatic carbocycles. The van der Waals surface area contributed by atoms with Gasteiger partial charge >= 0.3 is 0 Å². The lowest BCUT2D eigenvalue weighted by molar-refractivity contribution is -0.120. The number of hydrogen-bond acceptors (Lipinski definition) is 3. The molecule has 2 unspecified atom stereocenters. The maximum Gasteiger partial charge on any atom is 0.227 e. The summed E-state index contributed by atoms with van der Waals surface area (Å²) >= 11 is 0. The molecular weight excluding hydrogens is 286 g/mol. The van der Waals surface area contributed by atoms with Gasteiger partial charge in [-0.1, -0.05) is 31.4 Å². The summed E-state index contributed by atoms with van der Waals surface area (Å²) in [4.78, 5) is 15.0. The molecule has 2 aliphatic rings. The van der Waals surface area contributed by atoms with E-state index in [9.17, 15) is 4.79 Å². The zero-order valence-corrected chi connectivity index (χ0v) is 14.1. The Kier molecular flexibility index (Phi) is 5.21. The van der Waals surface area contributed by atoms with Crippen molar-refractivity contribution in [2.24, 2.45) is 11.7 Å². The zero-order valence-electron chi connectivity index (χ0n) is 14.1. The molecule has 0 radical (unpaired) electrons. The van der Waals surface area contributed by atoms with Crippen molar-refractivity contribution < 1.29 is 4.79 Å². The smallest absolute Gasteiger partial charge is 0.227 e. The molecule has 1 amide bonds. The van der Waals surface area contributed by atoms with Crippen LogP contribution in [0.4, 0.5) is 11.4 Å². The molecule has 2 aliphatic carbocycles. The average Bonchev–Trinajstić information content (AvgIpc) is 3.09. The van der Waals surface area contributed by atoms with E-state index in [1.54, 1.807) is 0 Å². The van der Waals surface area contributed by atoms with Crippen molar-refractivity contribution in [1.82, 2.24) is 0 Å². The van der Waals surface area contributed by atoms with Crippen LogP contribution in [0.2, 0.25) is 0 Å². The Morgan fingerprint density at radius 1 is 1.13 bits per heavy atom. The first kappa shape index (κ1) is 16.3. The van der Waals surface area contributed by atoms with Crippen molar-refractivity contribution >= 4 is 17.3 Å². The van der Waals surface area contributed by atoms with Gasteiger partial charge in [0.15, 0.2) is 0 Å². The minimum absolute atomic E-state index is 0.0589. The van der Waals surface area contributed by atoms with Crippen LogP contribution in [-0.2, 0) is 4.79 Å². The summed E-state index contributed by atoms with van der Waals surface area (Å²) in [6, 6.07) is 8.94. The summed E-state index contributed by atoms with van der Waals surface area (Å²) in [6.45, 7) is 0. The molecule has 2 saturated carbocycles. The third kappa shape index (κ3) is 3.86. The molecule has 1 aromatic rings. The molecule has 3 N–H and O–H groups in total. The Bertz CT molecular complexity index is 539. The highest BCUT2D eigenvalue weighted by Gasteiger charge is 2.27. The van der Waals surface area contributed by atoms with Gasteiger partial charge in [-0.05, 0) is 44.2 Å². The van der Waals surface area contributed by atoms with E-state index in [2.05, 4.69) is 23.3 Å². The second kappa shape index (κ2) is 7.35. The molecule has 0 aliphatic heterocycles. The Morgan fingerprint density at radius 3 is 2.61 bits per heavy atom. The molecule has 2 atom stereocenters. The van der Waals surface area contributed by atoms with Crippen LogP contribution in [-0.4, -0.2) is 25.0 Å². The molecule has 0 saturated heterocycles. The molecule has 2 fully saturated rings. The lowest BCUT2D eigenvalue weighted by atomic mass is 9.85. The quantitative estimate of drug-likeness (QED) is 0.894. The summed E-state index contributed by atoms with van der Waals surface area (Å²) < 4.78 is 0. The van der Waals surface area contributed by atoms with Gasteiger partial charge in [-0.15, -0.1) is 0 Å². The van der Waals surface area contributed by atoms with E-state index in [1.165, 1.54) is 25.7 Å². The molecule has 23 heavy (non-hydrogen) atoms. The van der Waals surface area contributed by atoms with Crippen LogP contribution in [0.15, 0.2) is 24.3 Å². The fourth-order valence-electron chi connectivity index (χ4n) is 4.08. The number of para-hydroxylation sites is 2. The molecule has 4 nitrogen and oxygen atoms in total. The highest BCUT2D eigenvalue weighted by atomic mass is 16.1. The summed E-state index contributed by atoms with van der Waals surface area (Å²) in [6.07, 6.45) is 8.99. The largest absolute Gasteiger partial charge is 0.370 e. The van der Waals surface area contributed by atoms with Crippen molar-refractivity contribution in [2.75, 3.05) is 17.3 Å². The number of anilines is 2. The van der Waals surface area contributed by atoms with Gasteiger partial charge in [0.05, 0.1) is 11.4 Å². The predicted molar refractivity (Wildman–Crippen MR) is 95.7 cm³/mol. The first-order valence-corrected chi connectivity index (χ1v) is 9.03. The number of carbonyl (C=O) groups is 1. The summed E-state index contributed by atoms with van der Waals surface area (Å²) in [7, 11) is 2.15. The number of benzene rings is 1. The standard InChI is InChI=1S/C19H29N3O/c1-22(16-9-2-3-10-16)18-12-5-4-11-17(18)21-19(23)14-7-6-8-15(20)13-14/h4-5,11-12,14-16H,2-3,6-10,13,20H2,1H3,(H,21,23). The fraction of sp³-hybridized carbons (Fsp3) is 0.632. The van der Waals surface area contributed by atoms with Gasteiger partial charge in [0, 0.05) is 25.0 Å². The lowest BCUT2D eigenvalue weighted by Gasteiger charge is -2.30. The van der Waals surface area contributed by atoms with Crippen LogP contribution < -0.4 is 16.0 Å². The van der Waals surface area contributed by atoms with Crippen molar-refractivity contribution in [1.29, 1.82) is 0 Å². The highest BCUT2D eigenvalue weighted by Crippen LogP contribution is 2.33. The van der Waals surface area contributed by atoms with Crippen molar-refractivity contribution in [2.45, 2.75) is 63.5 Å². The normalized spacial score (nSPS) is 25.3. The van der Waals surface area contributed by atoms with E-state index < -0.39 is 0 Å². The highest BCUT2D eigenvalue weighted by molar-refractivity contribution is 5.95. The van der Waals surface area contributed by atoms with Crippen LogP contribution in [0.3, 0.4) is 0 Å². The van der Waals surface area contributed by atoms with Crippen LogP contribution in [0.5, 0.6) is 0 Å². The van der Waals surface area contributed by atoms with Crippen molar-refractivity contribution in [3.05, 3.63) is 24.3 Å². The third-order valence-electron chi connectivity index (χ3n) is 5.50. The number of hydrogen-bond donors (Lipinski definition) is 2. The van der Waals surface area contributed by atoms with Gasteiger partial charge in [-0.25, -0.2) is 0 Å². The third-order valence-corrected chi connectivity index (χ3v) is 5.50. The summed E-state index contributed by atoms with van der Waals surface area (Å²) in [5.41, 5.74) is 8.10. The Balaban J connectivity index is 1.71. The molecule has 0 bridgehead atoms. The number of amides is 1. The first-order chi connectivity index (χ1) is 11.1. The average molecular weight is 315 g/mol. The van der Waals surface area contributed by atoms with Gasteiger partial charge in [0.25, 0.3) is 0 Å². The number of carbonyl (C=O) groups excluding carboxylic acids is 1. The van der Waals surface area contributed by atoms with Crippen LogP contribution in [0.1, 0.15) is 51.4 Å². The SMILES string of the molecule is CN(c1ccccc1NC(=O)C1CCCC(N)C1)C1CCCC1. The van der Waals surface area contributed by atoms with Gasteiger partial charge in [-0.3, -0.25) is 4.79 Å². The maximum absolute atomic E-state index is 12.6. The molecule has 4 heteroatoms. The maximum atomic E-state index is 12.6. The molecule has 126 valence electrons. The van der Waals surface area contributed by atoms with Gasteiger partial charge < -0.3 is 16.0 Å². The fourth-order valence-corrected chi connectivity index (χ4v) is 4.08. The minimum atomic E-state index is 0.0589. The van der Waals surface area contributed by atoms with Gasteiger partial charge in [-0.2, -0.15) is 0 Å². The van der Waals surface area contributed by atoms with E-state index in [-0.39, 0.29) is 17.9 Å². The van der Waals surface area contributed by atoms with E-state index in [0.29, 0.717) is 6.04 Å². The summed E-state index contributed by atoms with van der Waals surface area (Å²) in [5, 5.41) is 3.17. The molecule has 0 aromatic heterocycles. The monoisotopic (exact) mass is 315 g/mol. The number of nitrogens with zero attached hydrogens (tertiary/aromatic N) is 1. The second-order valence-corrected chi connectivity index (χ2v) is 7.18. The van der Waals surface area contributed by atoms with E-state index in [4.69, 9.17) is 5.73 Å². The lowest BCUT2D eigenvalue weighted by Crippen LogP contribution is -2.35. The van der Waals surface area contributed by atoms with Crippen LogP contribution in [0.25, 0.3) is 0 Å². The number of nitrogens with one attached hydrogen (secondary N) is 1. The van der Waals surface area contributed by atoms with E-state index in [0.717, 1.165) is 37.1 Å².